The smallest absolute Gasteiger partial charge is 0.258 e. The van der Waals surface area contributed by atoms with Crippen molar-refractivity contribution in [3.8, 4) is 5.88 Å². The van der Waals surface area contributed by atoms with Gasteiger partial charge in [0, 0.05) is 27.5 Å². The van der Waals surface area contributed by atoms with Gasteiger partial charge in [0.05, 0.1) is 7.11 Å². The topological polar surface area (TPSA) is 90.1 Å². The highest BCUT2D eigenvalue weighted by Gasteiger charge is 2.14. The van der Waals surface area contributed by atoms with Crippen molar-refractivity contribution in [1.29, 1.82) is 0 Å². The zero-order valence-corrected chi connectivity index (χ0v) is 13.5. The molecule has 0 saturated heterocycles. The Balaban J connectivity index is 2.32. The van der Waals surface area contributed by atoms with Crippen LogP contribution >= 0.6 is 15.9 Å². The molecule has 0 bridgehead atoms. The molecule has 1 aromatic carbocycles. The van der Waals surface area contributed by atoms with Crippen LogP contribution in [0.4, 0.5) is 11.6 Å². The van der Waals surface area contributed by atoms with Crippen molar-refractivity contribution in [2.24, 2.45) is 0 Å². The van der Waals surface area contributed by atoms with Crippen LogP contribution in [0, 0.1) is 13.8 Å². The summed E-state index contributed by atoms with van der Waals surface area (Å²) in [5.41, 5.74) is 8.27. The fourth-order valence-electron chi connectivity index (χ4n) is 1.80. The minimum absolute atomic E-state index is 0.190. The first-order valence-electron chi connectivity index (χ1n) is 6.17. The summed E-state index contributed by atoms with van der Waals surface area (Å²) in [5, 5.41) is 2.65. The third-order valence-corrected chi connectivity index (χ3v) is 3.38. The van der Waals surface area contributed by atoms with Crippen LogP contribution in [0.1, 0.15) is 21.6 Å². The second-order valence-corrected chi connectivity index (χ2v) is 5.41. The van der Waals surface area contributed by atoms with Gasteiger partial charge in [0.1, 0.15) is 0 Å². The van der Waals surface area contributed by atoms with E-state index >= 15 is 0 Å². The molecule has 2 rings (SSSR count). The van der Waals surface area contributed by atoms with Gasteiger partial charge < -0.3 is 10.5 Å². The monoisotopic (exact) mass is 350 g/mol. The SMILES string of the molecule is COc1cc(C)nc(NC(=O)c2cc(Br)cc(N)c2C)n1. The van der Waals surface area contributed by atoms with Gasteiger partial charge in [0.15, 0.2) is 0 Å². The number of nitrogens with one attached hydrogen (secondary N) is 1. The number of ether oxygens (including phenoxy) is 1. The Bertz CT molecular complexity index is 704. The van der Waals surface area contributed by atoms with E-state index in [2.05, 4.69) is 31.2 Å². The minimum Gasteiger partial charge on any atom is -0.481 e. The van der Waals surface area contributed by atoms with Gasteiger partial charge in [-0.1, -0.05) is 15.9 Å². The summed E-state index contributed by atoms with van der Waals surface area (Å²) in [6.45, 7) is 3.58. The number of benzene rings is 1. The van der Waals surface area contributed by atoms with Crippen molar-refractivity contribution < 1.29 is 9.53 Å². The van der Waals surface area contributed by atoms with E-state index in [1.54, 1.807) is 32.0 Å². The number of aromatic nitrogens is 2. The van der Waals surface area contributed by atoms with E-state index in [4.69, 9.17) is 10.5 Å². The molecule has 1 heterocycles. The van der Waals surface area contributed by atoms with Gasteiger partial charge in [-0.15, -0.1) is 0 Å². The van der Waals surface area contributed by atoms with Crippen LogP contribution in [0.5, 0.6) is 5.88 Å². The molecule has 0 atom stereocenters. The molecule has 0 aliphatic rings. The van der Waals surface area contributed by atoms with E-state index in [0.29, 0.717) is 28.4 Å². The summed E-state index contributed by atoms with van der Waals surface area (Å²) in [4.78, 5) is 20.6. The largest absolute Gasteiger partial charge is 0.481 e. The Kier molecular flexibility index (Phi) is 4.42. The fourth-order valence-corrected chi connectivity index (χ4v) is 2.28. The first kappa shape index (κ1) is 15.2. The van der Waals surface area contributed by atoms with E-state index in [9.17, 15) is 4.79 Å². The second kappa shape index (κ2) is 6.09. The number of amides is 1. The zero-order chi connectivity index (χ0) is 15.6. The summed E-state index contributed by atoms with van der Waals surface area (Å²) >= 11 is 3.32. The fraction of sp³-hybridized carbons (Fsp3) is 0.214. The number of rotatable bonds is 3. The number of anilines is 2. The number of hydrogen-bond donors (Lipinski definition) is 2. The lowest BCUT2D eigenvalue weighted by Crippen LogP contribution is -2.16. The number of carbonyl (C=O) groups excluding carboxylic acids is 1. The third-order valence-electron chi connectivity index (χ3n) is 2.92. The van der Waals surface area contributed by atoms with Crippen LogP contribution in [-0.4, -0.2) is 23.0 Å². The first-order valence-corrected chi connectivity index (χ1v) is 6.96. The van der Waals surface area contributed by atoms with E-state index in [1.165, 1.54) is 7.11 Å². The number of nitrogens with two attached hydrogens (primary N) is 1. The molecular weight excluding hydrogens is 336 g/mol. The molecule has 0 aliphatic carbocycles. The van der Waals surface area contributed by atoms with Gasteiger partial charge in [-0.3, -0.25) is 10.1 Å². The Morgan fingerprint density at radius 1 is 1.29 bits per heavy atom. The van der Waals surface area contributed by atoms with Crippen LogP contribution in [0.3, 0.4) is 0 Å². The van der Waals surface area contributed by atoms with Crippen LogP contribution in [0.2, 0.25) is 0 Å². The number of methoxy groups -OCH3 is 1. The molecule has 2 aromatic rings. The summed E-state index contributed by atoms with van der Waals surface area (Å²) in [7, 11) is 1.51. The highest BCUT2D eigenvalue weighted by atomic mass is 79.9. The van der Waals surface area contributed by atoms with E-state index < -0.39 is 0 Å². The first-order chi connectivity index (χ1) is 9.90. The van der Waals surface area contributed by atoms with Crippen LogP contribution in [0.15, 0.2) is 22.7 Å². The summed E-state index contributed by atoms with van der Waals surface area (Å²) < 4.78 is 5.79. The average molecular weight is 351 g/mol. The highest BCUT2D eigenvalue weighted by molar-refractivity contribution is 9.10. The number of carbonyl (C=O) groups is 1. The van der Waals surface area contributed by atoms with Gasteiger partial charge in [-0.05, 0) is 31.5 Å². The standard InChI is InChI=1S/C14H15BrN4O2/c1-7-4-12(21-3)18-14(17-7)19-13(20)10-5-9(15)6-11(16)8(10)2/h4-6H,16H2,1-3H3,(H,17,18,19,20). The number of nitrogen functional groups attached to an aromatic ring is 1. The summed E-state index contributed by atoms with van der Waals surface area (Å²) in [6.07, 6.45) is 0. The number of halogens is 1. The lowest BCUT2D eigenvalue weighted by molar-refractivity contribution is 0.102. The zero-order valence-electron chi connectivity index (χ0n) is 11.9. The summed E-state index contributed by atoms with van der Waals surface area (Å²) in [5.74, 6) is 0.256. The average Bonchev–Trinajstić information content (AvgIpc) is 2.41. The molecule has 7 heteroatoms. The Labute approximate surface area is 130 Å². The Morgan fingerprint density at radius 2 is 2.00 bits per heavy atom. The molecule has 0 aliphatic heterocycles. The maximum absolute atomic E-state index is 12.3. The molecule has 110 valence electrons. The van der Waals surface area contributed by atoms with Gasteiger partial charge in [0.2, 0.25) is 11.8 Å². The highest BCUT2D eigenvalue weighted by Crippen LogP contribution is 2.23. The molecule has 0 fully saturated rings. The predicted octanol–water partition coefficient (Wildman–Crippen LogP) is 2.70. The number of nitrogens with zero attached hydrogens (tertiary/aromatic N) is 2. The quantitative estimate of drug-likeness (QED) is 0.830. The van der Waals surface area contributed by atoms with Crippen molar-refractivity contribution in [2.45, 2.75) is 13.8 Å². The van der Waals surface area contributed by atoms with Crippen LogP contribution in [-0.2, 0) is 0 Å². The third kappa shape index (κ3) is 3.49. The lowest BCUT2D eigenvalue weighted by Gasteiger charge is -2.10. The Morgan fingerprint density at radius 3 is 2.67 bits per heavy atom. The van der Waals surface area contributed by atoms with Crippen molar-refractivity contribution in [3.63, 3.8) is 0 Å². The molecule has 3 N–H and O–H groups in total. The predicted molar refractivity (Wildman–Crippen MR) is 84.6 cm³/mol. The van der Waals surface area contributed by atoms with E-state index in [0.717, 1.165) is 4.47 Å². The Hall–Kier alpha value is -2.15. The van der Waals surface area contributed by atoms with Gasteiger partial charge in [-0.2, -0.15) is 4.98 Å². The maximum atomic E-state index is 12.3. The molecule has 0 spiro atoms. The molecule has 0 unspecified atom stereocenters. The van der Waals surface area contributed by atoms with Crippen molar-refractivity contribution in [1.82, 2.24) is 9.97 Å². The van der Waals surface area contributed by atoms with Gasteiger partial charge in [0.25, 0.3) is 5.91 Å². The number of aryl methyl sites for hydroxylation is 1. The molecule has 0 radical (unpaired) electrons. The van der Waals surface area contributed by atoms with Crippen LogP contribution < -0.4 is 15.8 Å². The van der Waals surface area contributed by atoms with Crippen LogP contribution in [0.25, 0.3) is 0 Å². The number of hydrogen-bond acceptors (Lipinski definition) is 5. The molecule has 0 saturated carbocycles. The van der Waals surface area contributed by atoms with Crippen molar-refractivity contribution >= 4 is 33.5 Å². The molecule has 21 heavy (non-hydrogen) atoms. The minimum atomic E-state index is -0.326. The lowest BCUT2D eigenvalue weighted by atomic mass is 10.1. The van der Waals surface area contributed by atoms with Gasteiger partial charge in [-0.25, -0.2) is 4.98 Å². The van der Waals surface area contributed by atoms with Crippen molar-refractivity contribution in [2.75, 3.05) is 18.2 Å². The normalized spacial score (nSPS) is 10.3. The van der Waals surface area contributed by atoms with E-state index in [-0.39, 0.29) is 11.9 Å². The molecule has 1 aromatic heterocycles. The van der Waals surface area contributed by atoms with E-state index in [1.807, 2.05) is 0 Å². The van der Waals surface area contributed by atoms with Crippen molar-refractivity contribution in [3.05, 3.63) is 39.5 Å². The molecule has 1 amide bonds. The molecule has 6 nitrogen and oxygen atoms in total. The summed E-state index contributed by atoms with van der Waals surface area (Å²) in [6, 6.07) is 5.13. The molecular formula is C14H15BrN4O2. The maximum Gasteiger partial charge on any atom is 0.258 e. The second-order valence-electron chi connectivity index (χ2n) is 4.50. The van der Waals surface area contributed by atoms with Gasteiger partial charge >= 0.3 is 0 Å².